The highest BCUT2D eigenvalue weighted by Crippen LogP contribution is 2.17. The van der Waals surface area contributed by atoms with E-state index < -0.39 is 0 Å². The topological polar surface area (TPSA) is 50.7 Å². The van der Waals surface area contributed by atoms with E-state index in [1.54, 1.807) is 11.3 Å². The number of hydrogen-bond acceptors (Lipinski definition) is 5. The predicted octanol–water partition coefficient (Wildman–Crippen LogP) is 2.86. The molecule has 2 aromatic heterocycles. The van der Waals surface area contributed by atoms with Crippen LogP contribution in [-0.2, 0) is 6.42 Å². The van der Waals surface area contributed by atoms with E-state index in [2.05, 4.69) is 25.6 Å². The Balaban J connectivity index is 1.92. The van der Waals surface area contributed by atoms with Crippen LogP contribution >= 0.6 is 22.9 Å². The first-order valence-corrected chi connectivity index (χ1v) is 6.54. The number of hydrogen-bond donors (Lipinski definition) is 1. The van der Waals surface area contributed by atoms with Crippen molar-refractivity contribution in [2.45, 2.75) is 20.3 Å². The Labute approximate surface area is 109 Å². The van der Waals surface area contributed by atoms with Crippen molar-refractivity contribution in [2.24, 2.45) is 0 Å². The molecule has 6 heteroatoms. The number of rotatable bonds is 4. The van der Waals surface area contributed by atoms with Crippen molar-refractivity contribution in [3.8, 4) is 0 Å². The van der Waals surface area contributed by atoms with E-state index in [-0.39, 0.29) is 0 Å². The van der Waals surface area contributed by atoms with Gasteiger partial charge in [0, 0.05) is 23.9 Å². The van der Waals surface area contributed by atoms with E-state index in [9.17, 15) is 0 Å². The zero-order chi connectivity index (χ0) is 12.3. The Morgan fingerprint density at radius 1 is 1.35 bits per heavy atom. The third-order valence-corrected chi connectivity index (χ3v) is 3.57. The van der Waals surface area contributed by atoms with Crippen LogP contribution < -0.4 is 5.32 Å². The summed E-state index contributed by atoms with van der Waals surface area (Å²) in [5.41, 5.74) is 1.99. The van der Waals surface area contributed by atoms with Crippen molar-refractivity contribution >= 4 is 28.8 Å². The minimum atomic E-state index is 0.493. The molecule has 0 saturated carbocycles. The molecule has 90 valence electrons. The molecule has 0 aliphatic carbocycles. The minimum absolute atomic E-state index is 0.493. The highest BCUT2D eigenvalue weighted by atomic mass is 35.5. The fraction of sp³-hybridized carbons (Fsp3) is 0.364. The van der Waals surface area contributed by atoms with Gasteiger partial charge in [0.1, 0.15) is 17.3 Å². The van der Waals surface area contributed by atoms with E-state index in [0.717, 1.165) is 35.0 Å². The van der Waals surface area contributed by atoms with Crippen molar-refractivity contribution in [1.82, 2.24) is 15.0 Å². The van der Waals surface area contributed by atoms with Crippen LogP contribution in [0.15, 0.2) is 11.7 Å². The number of anilines is 1. The van der Waals surface area contributed by atoms with Crippen LogP contribution in [-0.4, -0.2) is 21.5 Å². The maximum atomic E-state index is 5.91. The second kappa shape index (κ2) is 5.42. The van der Waals surface area contributed by atoms with Crippen molar-refractivity contribution in [3.63, 3.8) is 0 Å². The molecule has 0 saturated heterocycles. The van der Waals surface area contributed by atoms with Gasteiger partial charge < -0.3 is 5.32 Å². The number of aryl methyl sites for hydroxylation is 1. The molecule has 0 unspecified atom stereocenters. The molecule has 2 heterocycles. The summed E-state index contributed by atoms with van der Waals surface area (Å²) in [6.45, 7) is 4.70. The van der Waals surface area contributed by atoms with Crippen molar-refractivity contribution < 1.29 is 0 Å². The van der Waals surface area contributed by atoms with Crippen molar-refractivity contribution in [1.29, 1.82) is 0 Å². The highest BCUT2D eigenvalue weighted by molar-refractivity contribution is 7.09. The van der Waals surface area contributed by atoms with Crippen LogP contribution in [0, 0.1) is 13.8 Å². The van der Waals surface area contributed by atoms with Gasteiger partial charge in [-0.1, -0.05) is 11.6 Å². The Kier molecular flexibility index (Phi) is 3.91. The molecular weight excluding hydrogens is 256 g/mol. The van der Waals surface area contributed by atoms with Gasteiger partial charge in [-0.3, -0.25) is 0 Å². The molecule has 17 heavy (non-hydrogen) atoms. The van der Waals surface area contributed by atoms with Crippen LogP contribution in [0.25, 0.3) is 0 Å². The first-order chi connectivity index (χ1) is 8.16. The van der Waals surface area contributed by atoms with Gasteiger partial charge in [0.25, 0.3) is 0 Å². The molecule has 0 amide bonds. The summed E-state index contributed by atoms with van der Waals surface area (Å²) >= 11 is 7.58. The summed E-state index contributed by atoms with van der Waals surface area (Å²) in [6.07, 6.45) is 2.34. The van der Waals surface area contributed by atoms with Gasteiger partial charge in [-0.15, -0.1) is 11.3 Å². The SMILES string of the molecule is Cc1nc(CCNc2ncnc(Cl)c2C)cs1. The second-order valence-corrected chi connectivity index (χ2v) is 5.09. The fourth-order valence-electron chi connectivity index (χ4n) is 1.44. The van der Waals surface area contributed by atoms with Crippen LogP contribution in [0.1, 0.15) is 16.3 Å². The molecule has 0 aliphatic heterocycles. The van der Waals surface area contributed by atoms with Gasteiger partial charge in [-0.2, -0.15) is 0 Å². The monoisotopic (exact) mass is 268 g/mol. The minimum Gasteiger partial charge on any atom is -0.369 e. The van der Waals surface area contributed by atoms with Gasteiger partial charge in [0.05, 0.1) is 10.7 Å². The van der Waals surface area contributed by atoms with Gasteiger partial charge in [0.15, 0.2) is 0 Å². The fourth-order valence-corrected chi connectivity index (χ4v) is 2.22. The molecule has 0 bridgehead atoms. The molecule has 0 atom stereocenters. The quantitative estimate of drug-likeness (QED) is 0.867. The van der Waals surface area contributed by atoms with Crippen molar-refractivity contribution in [3.05, 3.63) is 33.1 Å². The van der Waals surface area contributed by atoms with E-state index in [1.807, 2.05) is 13.8 Å². The van der Waals surface area contributed by atoms with Crippen LogP contribution in [0.4, 0.5) is 5.82 Å². The first kappa shape index (κ1) is 12.3. The summed E-state index contributed by atoms with van der Waals surface area (Å²) in [5.74, 6) is 0.789. The van der Waals surface area contributed by atoms with E-state index in [0.29, 0.717) is 5.15 Å². The molecule has 2 rings (SSSR count). The highest BCUT2D eigenvalue weighted by Gasteiger charge is 2.04. The third-order valence-electron chi connectivity index (χ3n) is 2.36. The molecule has 1 N–H and O–H groups in total. The lowest BCUT2D eigenvalue weighted by atomic mass is 10.3. The molecule has 2 aromatic rings. The molecule has 0 radical (unpaired) electrons. The van der Waals surface area contributed by atoms with Crippen LogP contribution in [0.2, 0.25) is 5.15 Å². The number of nitrogens with one attached hydrogen (secondary N) is 1. The van der Waals surface area contributed by atoms with Crippen LogP contribution in [0.5, 0.6) is 0 Å². The lowest BCUT2D eigenvalue weighted by Crippen LogP contribution is -2.08. The molecule has 0 aliphatic rings. The predicted molar refractivity (Wildman–Crippen MR) is 70.8 cm³/mol. The summed E-state index contributed by atoms with van der Waals surface area (Å²) in [7, 11) is 0. The zero-order valence-corrected chi connectivity index (χ0v) is 11.3. The molecule has 0 spiro atoms. The Morgan fingerprint density at radius 3 is 2.88 bits per heavy atom. The third kappa shape index (κ3) is 3.14. The van der Waals surface area contributed by atoms with E-state index in [4.69, 9.17) is 11.6 Å². The second-order valence-electron chi connectivity index (χ2n) is 3.67. The summed E-state index contributed by atoms with van der Waals surface area (Å²) in [4.78, 5) is 12.5. The number of halogens is 1. The summed E-state index contributed by atoms with van der Waals surface area (Å²) in [6, 6.07) is 0. The van der Waals surface area contributed by atoms with Gasteiger partial charge in [0.2, 0.25) is 0 Å². The van der Waals surface area contributed by atoms with Gasteiger partial charge in [-0.05, 0) is 13.8 Å². The standard InChI is InChI=1S/C11H13ClN4S/c1-7-10(12)14-6-15-11(7)13-4-3-9-5-17-8(2)16-9/h5-6H,3-4H2,1-2H3,(H,13,14,15). The lowest BCUT2D eigenvalue weighted by Gasteiger charge is -2.07. The maximum Gasteiger partial charge on any atom is 0.137 e. The van der Waals surface area contributed by atoms with E-state index in [1.165, 1.54) is 6.33 Å². The van der Waals surface area contributed by atoms with Crippen LogP contribution in [0.3, 0.4) is 0 Å². The van der Waals surface area contributed by atoms with E-state index >= 15 is 0 Å². The van der Waals surface area contributed by atoms with Gasteiger partial charge in [-0.25, -0.2) is 15.0 Å². The number of thiazole rings is 1. The molecule has 4 nitrogen and oxygen atoms in total. The average molecular weight is 269 g/mol. The average Bonchev–Trinajstić information content (AvgIpc) is 2.70. The van der Waals surface area contributed by atoms with Gasteiger partial charge >= 0.3 is 0 Å². The Bertz CT molecular complexity index is 512. The first-order valence-electron chi connectivity index (χ1n) is 5.29. The smallest absolute Gasteiger partial charge is 0.137 e. The zero-order valence-electron chi connectivity index (χ0n) is 9.70. The summed E-state index contributed by atoms with van der Waals surface area (Å²) < 4.78 is 0. The normalized spacial score (nSPS) is 10.5. The maximum absolute atomic E-state index is 5.91. The largest absolute Gasteiger partial charge is 0.369 e. The number of nitrogens with zero attached hydrogens (tertiary/aromatic N) is 3. The Morgan fingerprint density at radius 2 is 2.18 bits per heavy atom. The number of aromatic nitrogens is 3. The summed E-state index contributed by atoms with van der Waals surface area (Å²) in [5, 5.41) is 6.91. The molecule has 0 aromatic carbocycles. The van der Waals surface area contributed by atoms with Crippen molar-refractivity contribution in [2.75, 3.05) is 11.9 Å². The molecule has 0 fully saturated rings. The molecular formula is C11H13ClN4S. The lowest BCUT2D eigenvalue weighted by molar-refractivity contribution is 0.953. The Hall–Kier alpha value is -1.20.